The topological polar surface area (TPSA) is 29.3 Å². The number of nitrogens with zero attached hydrogens (tertiary/aromatic N) is 1. The van der Waals surface area contributed by atoms with E-state index in [4.69, 9.17) is 5.73 Å². The van der Waals surface area contributed by atoms with E-state index in [-0.39, 0.29) is 5.54 Å². The van der Waals surface area contributed by atoms with Crippen molar-refractivity contribution in [2.75, 3.05) is 14.1 Å². The van der Waals surface area contributed by atoms with Crippen LogP contribution in [0.1, 0.15) is 51.9 Å². The molecule has 0 aromatic rings. The van der Waals surface area contributed by atoms with Gasteiger partial charge in [0.05, 0.1) is 0 Å². The van der Waals surface area contributed by atoms with Gasteiger partial charge in [0.1, 0.15) is 0 Å². The molecule has 2 N–H and O–H groups in total. The van der Waals surface area contributed by atoms with E-state index < -0.39 is 0 Å². The molecule has 0 bridgehead atoms. The van der Waals surface area contributed by atoms with Crippen LogP contribution in [0.4, 0.5) is 0 Å². The highest BCUT2D eigenvalue weighted by Crippen LogP contribution is 2.35. The summed E-state index contributed by atoms with van der Waals surface area (Å²) in [5.41, 5.74) is 7.94. The molecule has 1 saturated carbocycles. The highest BCUT2D eigenvalue weighted by molar-refractivity contribution is 5.01. The van der Waals surface area contributed by atoms with Crippen molar-refractivity contribution in [3.05, 3.63) is 12.2 Å². The first-order chi connectivity index (χ1) is 7.49. The third-order valence-corrected chi connectivity index (χ3v) is 4.18. The van der Waals surface area contributed by atoms with E-state index in [0.29, 0.717) is 6.04 Å². The van der Waals surface area contributed by atoms with Crippen molar-refractivity contribution < 1.29 is 0 Å². The maximum Gasteiger partial charge on any atom is 0.0354 e. The Morgan fingerprint density at radius 3 is 2.31 bits per heavy atom. The summed E-state index contributed by atoms with van der Waals surface area (Å²) in [7, 11) is 4.37. The Kier molecular flexibility index (Phi) is 5.00. The zero-order valence-corrected chi connectivity index (χ0v) is 11.3. The molecular weight excluding hydrogens is 196 g/mol. The fourth-order valence-corrected chi connectivity index (χ4v) is 2.98. The van der Waals surface area contributed by atoms with Gasteiger partial charge in [0.25, 0.3) is 0 Å². The van der Waals surface area contributed by atoms with E-state index in [1.807, 2.05) is 0 Å². The van der Waals surface area contributed by atoms with E-state index in [2.05, 4.69) is 32.5 Å². The Morgan fingerprint density at radius 2 is 1.88 bits per heavy atom. The molecule has 0 amide bonds. The molecule has 94 valence electrons. The van der Waals surface area contributed by atoms with Crippen molar-refractivity contribution >= 4 is 0 Å². The minimum absolute atomic E-state index is 0.244. The van der Waals surface area contributed by atoms with Crippen molar-refractivity contribution in [2.45, 2.75) is 63.5 Å². The second-order valence-corrected chi connectivity index (χ2v) is 5.66. The number of allylic oxidation sites excluding steroid dienone is 1. The summed E-state index contributed by atoms with van der Waals surface area (Å²) < 4.78 is 0. The number of hydrogen-bond acceptors (Lipinski definition) is 2. The van der Waals surface area contributed by atoms with Crippen LogP contribution in [0.15, 0.2) is 12.2 Å². The fourth-order valence-electron chi connectivity index (χ4n) is 2.98. The van der Waals surface area contributed by atoms with Crippen LogP contribution < -0.4 is 5.73 Å². The highest BCUT2D eigenvalue weighted by Gasteiger charge is 2.39. The van der Waals surface area contributed by atoms with Crippen molar-refractivity contribution in [1.82, 2.24) is 4.90 Å². The number of rotatable bonds is 5. The molecule has 1 unspecified atom stereocenters. The van der Waals surface area contributed by atoms with E-state index >= 15 is 0 Å². The minimum Gasteiger partial charge on any atom is -0.326 e. The van der Waals surface area contributed by atoms with Gasteiger partial charge in [-0.3, -0.25) is 0 Å². The molecule has 1 rings (SSSR count). The smallest absolute Gasteiger partial charge is 0.0354 e. The second-order valence-electron chi connectivity index (χ2n) is 5.66. The summed E-state index contributed by atoms with van der Waals surface area (Å²) in [5, 5.41) is 0. The first-order valence-electron chi connectivity index (χ1n) is 6.56. The Hall–Kier alpha value is -0.340. The molecule has 0 heterocycles. The summed E-state index contributed by atoms with van der Waals surface area (Å²) in [4.78, 5) is 2.37. The van der Waals surface area contributed by atoms with Crippen LogP contribution in [-0.2, 0) is 0 Å². The van der Waals surface area contributed by atoms with Gasteiger partial charge in [-0.15, -0.1) is 6.58 Å². The normalized spacial score (nSPS) is 22.1. The average molecular weight is 224 g/mol. The Morgan fingerprint density at radius 1 is 1.31 bits per heavy atom. The van der Waals surface area contributed by atoms with Gasteiger partial charge in [-0.2, -0.15) is 0 Å². The Bertz CT molecular complexity index is 227. The third kappa shape index (κ3) is 3.08. The lowest BCUT2D eigenvalue weighted by molar-refractivity contribution is 0.0686. The number of nitrogens with two attached hydrogens (primary N) is 1. The van der Waals surface area contributed by atoms with Crippen molar-refractivity contribution in [3.63, 3.8) is 0 Å². The van der Waals surface area contributed by atoms with Gasteiger partial charge >= 0.3 is 0 Å². The molecule has 1 aliphatic rings. The lowest BCUT2D eigenvalue weighted by atomic mass is 9.74. The fraction of sp³-hybridized carbons (Fsp3) is 0.857. The van der Waals surface area contributed by atoms with Crippen LogP contribution in [0, 0.1) is 0 Å². The molecule has 1 aliphatic carbocycles. The van der Waals surface area contributed by atoms with Crippen LogP contribution in [0.2, 0.25) is 0 Å². The number of hydrogen-bond donors (Lipinski definition) is 1. The van der Waals surface area contributed by atoms with Crippen molar-refractivity contribution in [1.29, 1.82) is 0 Å². The predicted molar refractivity (Wildman–Crippen MR) is 71.5 cm³/mol. The maximum atomic E-state index is 6.45. The standard InChI is InChI=1S/C14H28N2/c1-12(2)8-9-13(15)14(16(3)4)10-6-5-7-11-14/h13H,1,5-11,15H2,2-4H3. The van der Waals surface area contributed by atoms with Crippen LogP contribution >= 0.6 is 0 Å². The van der Waals surface area contributed by atoms with Gasteiger partial charge in [-0.1, -0.05) is 24.8 Å². The molecule has 2 heteroatoms. The van der Waals surface area contributed by atoms with E-state index in [9.17, 15) is 0 Å². The van der Waals surface area contributed by atoms with E-state index in [1.54, 1.807) is 0 Å². The van der Waals surface area contributed by atoms with Crippen LogP contribution in [0.25, 0.3) is 0 Å². The molecule has 0 spiro atoms. The largest absolute Gasteiger partial charge is 0.326 e. The van der Waals surface area contributed by atoms with Gasteiger partial charge in [-0.05, 0) is 46.7 Å². The maximum absolute atomic E-state index is 6.45. The molecular formula is C14H28N2. The predicted octanol–water partition coefficient (Wildman–Crippen LogP) is 2.93. The number of likely N-dealkylation sites (N-methyl/N-ethyl adjacent to an activating group) is 1. The van der Waals surface area contributed by atoms with Gasteiger partial charge in [0.15, 0.2) is 0 Å². The van der Waals surface area contributed by atoms with Gasteiger partial charge < -0.3 is 10.6 Å². The molecule has 0 aromatic heterocycles. The summed E-state index contributed by atoms with van der Waals surface area (Å²) >= 11 is 0. The van der Waals surface area contributed by atoms with E-state index in [1.165, 1.54) is 37.7 Å². The molecule has 1 fully saturated rings. The first kappa shape index (κ1) is 13.7. The van der Waals surface area contributed by atoms with Gasteiger partial charge in [0.2, 0.25) is 0 Å². The third-order valence-electron chi connectivity index (χ3n) is 4.18. The molecule has 0 saturated heterocycles. The zero-order chi connectivity index (χ0) is 12.2. The molecule has 0 radical (unpaired) electrons. The zero-order valence-electron chi connectivity index (χ0n) is 11.3. The van der Waals surface area contributed by atoms with Crippen LogP contribution in [0.5, 0.6) is 0 Å². The quantitative estimate of drug-likeness (QED) is 0.728. The summed E-state index contributed by atoms with van der Waals surface area (Å²) in [5.74, 6) is 0. The minimum atomic E-state index is 0.244. The molecule has 2 nitrogen and oxygen atoms in total. The molecule has 0 aromatic carbocycles. The molecule has 1 atom stereocenters. The summed E-state index contributed by atoms with van der Waals surface area (Å²) in [6.07, 6.45) is 8.71. The second kappa shape index (κ2) is 5.83. The van der Waals surface area contributed by atoms with Crippen LogP contribution in [0.3, 0.4) is 0 Å². The SMILES string of the molecule is C=C(C)CCC(N)C1(N(C)C)CCCCC1. The van der Waals surface area contributed by atoms with Gasteiger partial charge in [-0.25, -0.2) is 0 Å². The van der Waals surface area contributed by atoms with Crippen molar-refractivity contribution in [2.24, 2.45) is 5.73 Å². The van der Waals surface area contributed by atoms with Crippen LogP contribution in [-0.4, -0.2) is 30.6 Å². The Balaban J connectivity index is 2.64. The molecule has 0 aliphatic heterocycles. The average Bonchev–Trinajstić information content (AvgIpc) is 2.26. The van der Waals surface area contributed by atoms with Crippen molar-refractivity contribution in [3.8, 4) is 0 Å². The highest BCUT2D eigenvalue weighted by atomic mass is 15.2. The summed E-state index contributed by atoms with van der Waals surface area (Å²) in [6, 6.07) is 0.291. The lowest BCUT2D eigenvalue weighted by Gasteiger charge is -2.47. The van der Waals surface area contributed by atoms with Gasteiger partial charge in [0, 0.05) is 11.6 Å². The molecule has 16 heavy (non-hydrogen) atoms. The Labute approximate surface area is 101 Å². The lowest BCUT2D eigenvalue weighted by Crippen LogP contribution is -2.58. The monoisotopic (exact) mass is 224 g/mol. The van der Waals surface area contributed by atoms with E-state index in [0.717, 1.165) is 12.8 Å². The first-order valence-corrected chi connectivity index (χ1v) is 6.56. The summed E-state index contributed by atoms with van der Waals surface area (Å²) in [6.45, 7) is 6.06.